The van der Waals surface area contributed by atoms with E-state index in [1.54, 1.807) is 7.11 Å². The lowest BCUT2D eigenvalue weighted by molar-refractivity contribution is 0.113. The molecule has 1 rings (SSSR count). The van der Waals surface area contributed by atoms with Gasteiger partial charge in [0.15, 0.2) is 0 Å². The van der Waals surface area contributed by atoms with E-state index in [1.807, 2.05) is 25.2 Å². The number of hydrogen-bond acceptors (Lipinski definition) is 3. The predicted octanol–water partition coefficient (Wildman–Crippen LogP) is 2.25. The van der Waals surface area contributed by atoms with Crippen molar-refractivity contribution in [3.63, 3.8) is 0 Å². The second kappa shape index (κ2) is 8.09. The molecule has 17 heavy (non-hydrogen) atoms. The van der Waals surface area contributed by atoms with Crippen molar-refractivity contribution in [2.24, 2.45) is 0 Å². The zero-order chi connectivity index (χ0) is 12.5. The van der Waals surface area contributed by atoms with Gasteiger partial charge in [0.2, 0.25) is 0 Å². The van der Waals surface area contributed by atoms with Crippen molar-refractivity contribution in [3.05, 3.63) is 29.8 Å². The van der Waals surface area contributed by atoms with E-state index < -0.39 is 0 Å². The fraction of sp³-hybridized carbons (Fsp3) is 0.571. The van der Waals surface area contributed by atoms with Crippen LogP contribution in [0.3, 0.4) is 0 Å². The van der Waals surface area contributed by atoms with Crippen LogP contribution >= 0.6 is 0 Å². The van der Waals surface area contributed by atoms with E-state index in [-0.39, 0.29) is 0 Å². The van der Waals surface area contributed by atoms with Gasteiger partial charge in [-0.2, -0.15) is 0 Å². The van der Waals surface area contributed by atoms with Gasteiger partial charge in [0, 0.05) is 12.6 Å². The first-order valence-electron chi connectivity index (χ1n) is 6.18. The zero-order valence-corrected chi connectivity index (χ0v) is 11.0. The number of rotatable bonds is 8. The summed E-state index contributed by atoms with van der Waals surface area (Å²) in [6.45, 7) is 3.68. The molecule has 3 nitrogen and oxygen atoms in total. The van der Waals surface area contributed by atoms with Crippen LogP contribution in [0.15, 0.2) is 24.3 Å². The normalized spacial score (nSPS) is 12.4. The molecule has 0 radical (unpaired) electrons. The smallest absolute Gasteiger partial charge is 0.122 e. The maximum Gasteiger partial charge on any atom is 0.122 e. The molecule has 0 saturated carbocycles. The largest absolute Gasteiger partial charge is 0.496 e. The van der Waals surface area contributed by atoms with Crippen LogP contribution < -0.4 is 10.1 Å². The summed E-state index contributed by atoms with van der Waals surface area (Å²) in [4.78, 5) is 0. The topological polar surface area (TPSA) is 30.5 Å². The van der Waals surface area contributed by atoms with E-state index in [1.165, 1.54) is 5.56 Å². The second-order valence-electron chi connectivity index (χ2n) is 4.08. The summed E-state index contributed by atoms with van der Waals surface area (Å²) in [7, 11) is 3.68. The highest BCUT2D eigenvalue weighted by Crippen LogP contribution is 2.18. The maximum atomic E-state index is 5.58. The van der Waals surface area contributed by atoms with Crippen LogP contribution in [0, 0.1) is 0 Å². The van der Waals surface area contributed by atoms with Crippen molar-refractivity contribution in [1.82, 2.24) is 5.32 Å². The van der Waals surface area contributed by atoms with E-state index >= 15 is 0 Å². The molecule has 1 N–H and O–H groups in total. The monoisotopic (exact) mass is 237 g/mol. The van der Waals surface area contributed by atoms with Gasteiger partial charge in [0.1, 0.15) is 5.75 Å². The first-order chi connectivity index (χ1) is 8.31. The van der Waals surface area contributed by atoms with Crippen molar-refractivity contribution in [2.45, 2.75) is 25.8 Å². The lowest BCUT2D eigenvalue weighted by atomic mass is 10.1. The van der Waals surface area contributed by atoms with Crippen molar-refractivity contribution >= 4 is 0 Å². The van der Waals surface area contributed by atoms with Gasteiger partial charge >= 0.3 is 0 Å². The average Bonchev–Trinajstić information content (AvgIpc) is 2.38. The van der Waals surface area contributed by atoms with Crippen LogP contribution in [0.1, 0.15) is 18.9 Å². The predicted molar refractivity (Wildman–Crippen MR) is 70.7 cm³/mol. The maximum absolute atomic E-state index is 5.58. The van der Waals surface area contributed by atoms with Crippen LogP contribution in [0.5, 0.6) is 5.75 Å². The van der Waals surface area contributed by atoms with E-state index in [9.17, 15) is 0 Å². The molecule has 0 aliphatic rings. The van der Waals surface area contributed by atoms with Crippen molar-refractivity contribution in [3.8, 4) is 5.75 Å². The Morgan fingerprint density at radius 3 is 2.71 bits per heavy atom. The lowest BCUT2D eigenvalue weighted by Gasteiger charge is -2.17. The van der Waals surface area contributed by atoms with Crippen LogP contribution in [-0.4, -0.2) is 33.4 Å². The SMILES string of the molecule is CCCOCC(Cc1ccccc1OC)NC. The Morgan fingerprint density at radius 1 is 1.29 bits per heavy atom. The van der Waals surface area contributed by atoms with Crippen LogP contribution in [0.25, 0.3) is 0 Å². The summed E-state index contributed by atoms with van der Waals surface area (Å²) in [5.41, 5.74) is 1.22. The second-order valence-corrected chi connectivity index (χ2v) is 4.08. The number of ether oxygens (including phenoxy) is 2. The van der Waals surface area contributed by atoms with Gasteiger partial charge in [-0.1, -0.05) is 25.1 Å². The Morgan fingerprint density at radius 2 is 2.06 bits per heavy atom. The number of methoxy groups -OCH3 is 1. The molecule has 1 aromatic carbocycles. The first-order valence-corrected chi connectivity index (χ1v) is 6.18. The van der Waals surface area contributed by atoms with Crippen LogP contribution in [0.4, 0.5) is 0 Å². The molecule has 3 heteroatoms. The zero-order valence-electron chi connectivity index (χ0n) is 11.0. The summed E-state index contributed by atoms with van der Waals surface area (Å²) < 4.78 is 10.9. The van der Waals surface area contributed by atoms with E-state index in [0.717, 1.165) is 31.8 Å². The Kier molecular flexibility index (Phi) is 6.67. The van der Waals surface area contributed by atoms with Crippen LogP contribution in [-0.2, 0) is 11.2 Å². The molecule has 0 aliphatic heterocycles. The molecule has 1 unspecified atom stereocenters. The Hall–Kier alpha value is -1.06. The van der Waals surface area contributed by atoms with Gasteiger partial charge < -0.3 is 14.8 Å². The van der Waals surface area contributed by atoms with E-state index in [0.29, 0.717) is 6.04 Å². The van der Waals surface area contributed by atoms with Crippen molar-refractivity contribution in [2.75, 3.05) is 27.4 Å². The molecule has 0 fully saturated rings. The third-order valence-electron chi connectivity index (χ3n) is 2.73. The lowest BCUT2D eigenvalue weighted by Crippen LogP contribution is -2.32. The van der Waals surface area contributed by atoms with Gasteiger partial charge in [0.25, 0.3) is 0 Å². The Bertz CT molecular complexity index is 315. The number of benzene rings is 1. The number of hydrogen-bond donors (Lipinski definition) is 1. The summed E-state index contributed by atoms with van der Waals surface area (Å²) in [5, 5.41) is 3.28. The molecule has 0 bridgehead atoms. The Balaban J connectivity index is 2.54. The summed E-state index contributed by atoms with van der Waals surface area (Å²) in [6.07, 6.45) is 1.98. The van der Waals surface area contributed by atoms with Gasteiger partial charge in [-0.05, 0) is 31.5 Å². The number of likely N-dealkylation sites (N-methyl/N-ethyl adjacent to an activating group) is 1. The molecular weight excluding hydrogens is 214 g/mol. The summed E-state index contributed by atoms with van der Waals surface area (Å²) in [5.74, 6) is 0.947. The van der Waals surface area contributed by atoms with E-state index in [2.05, 4.69) is 18.3 Å². The molecule has 0 aliphatic carbocycles. The van der Waals surface area contributed by atoms with Crippen molar-refractivity contribution < 1.29 is 9.47 Å². The molecule has 1 atom stereocenters. The van der Waals surface area contributed by atoms with Gasteiger partial charge in [-0.25, -0.2) is 0 Å². The quantitative estimate of drug-likeness (QED) is 0.703. The fourth-order valence-electron chi connectivity index (χ4n) is 1.75. The first kappa shape index (κ1) is 14.0. The third kappa shape index (κ3) is 4.75. The third-order valence-corrected chi connectivity index (χ3v) is 2.73. The van der Waals surface area contributed by atoms with Crippen molar-refractivity contribution in [1.29, 1.82) is 0 Å². The minimum absolute atomic E-state index is 0.331. The average molecular weight is 237 g/mol. The highest BCUT2D eigenvalue weighted by molar-refractivity contribution is 5.33. The van der Waals surface area contributed by atoms with Gasteiger partial charge in [-0.15, -0.1) is 0 Å². The molecule has 1 aromatic rings. The molecule has 96 valence electrons. The standard InChI is InChI=1S/C14H23NO2/c1-4-9-17-11-13(15-2)10-12-7-5-6-8-14(12)16-3/h5-8,13,15H,4,9-11H2,1-3H3. The molecule has 0 heterocycles. The highest BCUT2D eigenvalue weighted by Gasteiger charge is 2.10. The molecule has 0 spiro atoms. The highest BCUT2D eigenvalue weighted by atomic mass is 16.5. The summed E-state index contributed by atoms with van der Waals surface area (Å²) >= 11 is 0. The Labute approximate surface area is 104 Å². The number of para-hydroxylation sites is 1. The molecule has 0 saturated heterocycles. The molecule has 0 aromatic heterocycles. The van der Waals surface area contributed by atoms with Crippen LogP contribution in [0.2, 0.25) is 0 Å². The summed E-state index contributed by atoms with van der Waals surface area (Å²) in [6, 6.07) is 8.46. The fourth-order valence-corrected chi connectivity index (χ4v) is 1.75. The van der Waals surface area contributed by atoms with Gasteiger partial charge in [-0.3, -0.25) is 0 Å². The number of nitrogens with one attached hydrogen (secondary N) is 1. The van der Waals surface area contributed by atoms with E-state index in [4.69, 9.17) is 9.47 Å². The molecule has 0 amide bonds. The minimum Gasteiger partial charge on any atom is -0.496 e. The van der Waals surface area contributed by atoms with Gasteiger partial charge in [0.05, 0.1) is 13.7 Å². The minimum atomic E-state index is 0.331. The molecular formula is C14H23NO2.